The first-order chi connectivity index (χ1) is 10.7. The summed E-state index contributed by atoms with van der Waals surface area (Å²) in [5, 5.41) is 7.88. The van der Waals surface area contributed by atoms with Crippen LogP contribution in [0.5, 0.6) is 0 Å². The number of carbonyl (C=O) groups excluding carboxylic acids is 1. The predicted molar refractivity (Wildman–Crippen MR) is 89.1 cm³/mol. The van der Waals surface area contributed by atoms with Crippen LogP contribution in [0.1, 0.15) is 25.3 Å². The maximum absolute atomic E-state index is 11.7. The van der Waals surface area contributed by atoms with Gasteiger partial charge in [-0.15, -0.1) is 0 Å². The van der Waals surface area contributed by atoms with E-state index in [9.17, 15) is 4.79 Å². The first kappa shape index (κ1) is 16.4. The van der Waals surface area contributed by atoms with Crippen LogP contribution < -0.4 is 5.32 Å². The molecule has 1 amide bonds. The second kappa shape index (κ2) is 8.48. The first-order valence-electron chi connectivity index (χ1n) is 7.33. The van der Waals surface area contributed by atoms with Gasteiger partial charge in [0.25, 0.3) is 0 Å². The van der Waals surface area contributed by atoms with Gasteiger partial charge in [0.05, 0.1) is 18.5 Å². The zero-order valence-electron chi connectivity index (χ0n) is 12.9. The molecule has 0 unspecified atom stereocenters. The normalized spacial score (nSPS) is 10.5. The Kier molecular flexibility index (Phi) is 6.33. The number of hydrogen-bond donors (Lipinski definition) is 1. The highest BCUT2D eigenvalue weighted by molar-refractivity contribution is 7.98. The minimum absolute atomic E-state index is 0.428. The van der Waals surface area contributed by atoms with Crippen molar-refractivity contribution in [1.82, 2.24) is 9.78 Å². The Morgan fingerprint density at radius 2 is 2.14 bits per heavy atom. The Morgan fingerprint density at radius 3 is 2.86 bits per heavy atom. The fourth-order valence-corrected chi connectivity index (χ4v) is 2.85. The molecular weight excluding hydrogens is 298 g/mol. The van der Waals surface area contributed by atoms with Crippen LogP contribution in [-0.2, 0) is 17.5 Å². The van der Waals surface area contributed by atoms with E-state index in [0.29, 0.717) is 12.3 Å². The van der Waals surface area contributed by atoms with E-state index in [4.69, 9.17) is 4.74 Å². The number of anilines is 1. The van der Waals surface area contributed by atoms with E-state index in [1.807, 2.05) is 25.2 Å². The van der Waals surface area contributed by atoms with E-state index in [1.54, 1.807) is 22.6 Å². The molecule has 22 heavy (non-hydrogen) atoms. The highest BCUT2D eigenvalue weighted by Gasteiger charge is 2.13. The summed E-state index contributed by atoms with van der Waals surface area (Å²) in [6, 6.07) is 10.2. The number of nitrogens with zero attached hydrogens (tertiary/aromatic N) is 2. The van der Waals surface area contributed by atoms with Gasteiger partial charge in [0.15, 0.2) is 0 Å². The molecule has 6 heteroatoms. The molecule has 2 rings (SSSR count). The number of rotatable bonds is 7. The van der Waals surface area contributed by atoms with Gasteiger partial charge in [-0.05, 0) is 12.0 Å². The number of aryl methyl sites for hydroxylation is 1. The zero-order valence-corrected chi connectivity index (χ0v) is 13.7. The van der Waals surface area contributed by atoms with Gasteiger partial charge in [-0.2, -0.15) is 5.10 Å². The molecule has 0 saturated heterocycles. The number of hydrogen-bond acceptors (Lipinski definition) is 4. The second-order valence-corrected chi connectivity index (χ2v) is 5.84. The van der Waals surface area contributed by atoms with E-state index >= 15 is 0 Å². The molecule has 5 nitrogen and oxygen atoms in total. The number of unbranched alkanes of at least 4 members (excludes halogenated alkanes) is 1. The average Bonchev–Trinajstić information content (AvgIpc) is 2.87. The Labute approximate surface area is 135 Å². The molecule has 1 aromatic carbocycles. The van der Waals surface area contributed by atoms with Crippen LogP contribution in [0.15, 0.2) is 41.6 Å². The van der Waals surface area contributed by atoms with Crippen molar-refractivity contribution in [2.45, 2.75) is 30.5 Å². The lowest BCUT2D eigenvalue weighted by Gasteiger charge is -2.08. The molecule has 0 bridgehead atoms. The summed E-state index contributed by atoms with van der Waals surface area (Å²) in [6.07, 6.45) is 3.09. The van der Waals surface area contributed by atoms with E-state index in [0.717, 1.165) is 23.6 Å². The zero-order chi connectivity index (χ0) is 15.8. The molecular formula is C16H21N3O2S. The third-order valence-electron chi connectivity index (χ3n) is 3.07. The van der Waals surface area contributed by atoms with Crippen LogP contribution in [0.4, 0.5) is 10.5 Å². The molecule has 0 saturated carbocycles. The number of aromatic nitrogens is 2. The fraction of sp³-hybridized carbons (Fsp3) is 0.375. The molecule has 1 heterocycles. The van der Waals surface area contributed by atoms with Crippen LogP contribution in [0.3, 0.4) is 0 Å². The maximum Gasteiger partial charge on any atom is 0.411 e. The Hall–Kier alpha value is -1.95. The lowest BCUT2D eigenvalue weighted by Crippen LogP contribution is -2.14. The van der Waals surface area contributed by atoms with Gasteiger partial charge >= 0.3 is 6.09 Å². The van der Waals surface area contributed by atoms with Crippen molar-refractivity contribution in [1.29, 1.82) is 0 Å². The minimum atomic E-state index is -0.428. The summed E-state index contributed by atoms with van der Waals surface area (Å²) in [5.41, 5.74) is 1.91. The lowest BCUT2D eigenvalue weighted by atomic mass is 10.2. The van der Waals surface area contributed by atoms with Crippen molar-refractivity contribution in [2.75, 3.05) is 11.9 Å². The summed E-state index contributed by atoms with van der Waals surface area (Å²) < 4.78 is 6.88. The topological polar surface area (TPSA) is 56.1 Å². The standard InChI is InChI=1S/C16H21N3O2S/c1-3-4-10-21-16(20)18-14-11-17-19(2)15(14)22-12-13-8-6-5-7-9-13/h5-9,11H,3-4,10,12H2,1-2H3,(H,18,20). The molecule has 0 aliphatic heterocycles. The average molecular weight is 319 g/mol. The van der Waals surface area contributed by atoms with Crippen molar-refractivity contribution >= 4 is 23.5 Å². The second-order valence-electron chi connectivity index (χ2n) is 4.88. The molecule has 2 aromatic rings. The molecule has 1 aromatic heterocycles. The maximum atomic E-state index is 11.7. The first-order valence-corrected chi connectivity index (χ1v) is 8.31. The van der Waals surface area contributed by atoms with E-state index < -0.39 is 6.09 Å². The third-order valence-corrected chi connectivity index (χ3v) is 4.31. The number of ether oxygens (including phenoxy) is 1. The lowest BCUT2D eigenvalue weighted by molar-refractivity contribution is 0.160. The fourth-order valence-electron chi connectivity index (χ4n) is 1.86. The Balaban J connectivity index is 1.94. The van der Waals surface area contributed by atoms with Crippen LogP contribution >= 0.6 is 11.8 Å². The molecule has 118 valence electrons. The van der Waals surface area contributed by atoms with Crippen LogP contribution in [0.2, 0.25) is 0 Å². The van der Waals surface area contributed by atoms with E-state index in [2.05, 4.69) is 29.5 Å². The number of nitrogens with one attached hydrogen (secondary N) is 1. The molecule has 0 radical (unpaired) electrons. The summed E-state index contributed by atoms with van der Waals surface area (Å²) in [6.45, 7) is 2.50. The number of benzene rings is 1. The van der Waals surface area contributed by atoms with Gasteiger partial charge in [0, 0.05) is 12.8 Å². The van der Waals surface area contributed by atoms with Gasteiger partial charge in [-0.1, -0.05) is 55.4 Å². The predicted octanol–water partition coefficient (Wildman–Crippen LogP) is 4.06. The Morgan fingerprint density at radius 1 is 1.36 bits per heavy atom. The smallest absolute Gasteiger partial charge is 0.411 e. The number of amides is 1. The van der Waals surface area contributed by atoms with Crippen molar-refractivity contribution in [3.05, 3.63) is 42.1 Å². The van der Waals surface area contributed by atoms with Gasteiger partial charge < -0.3 is 4.74 Å². The van der Waals surface area contributed by atoms with Crippen LogP contribution in [0.25, 0.3) is 0 Å². The number of thioether (sulfide) groups is 1. The van der Waals surface area contributed by atoms with Gasteiger partial charge in [-0.25, -0.2) is 4.79 Å². The van der Waals surface area contributed by atoms with Crippen molar-refractivity contribution in [2.24, 2.45) is 7.05 Å². The highest BCUT2D eigenvalue weighted by Crippen LogP contribution is 2.29. The molecule has 0 aliphatic rings. The van der Waals surface area contributed by atoms with Crippen molar-refractivity contribution in [3.63, 3.8) is 0 Å². The van der Waals surface area contributed by atoms with Crippen molar-refractivity contribution in [3.8, 4) is 0 Å². The Bertz CT molecular complexity index is 599. The van der Waals surface area contributed by atoms with Gasteiger partial charge in [-0.3, -0.25) is 10.00 Å². The molecule has 0 aliphatic carbocycles. The van der Waals surface area contributed by atoms with E-state index in [-0.39, 0.29) is 0 Å². The monoisotopic (exact) mass is 319 g/mol. The minimum Gasteiger partial charge on any atom is -0.449 e. The number of carbonyl (C=O) groups is 1. The molecule has 0 atom stereocenters. The van der Waals surface area contributed by atoms with Gasteiger partial charge in [0.2, 0.25) is 0 Å². The molecule has 0 spiro atoms. The summed E-state index contributed by atoms with van der Waals surface area (Å²) in [5.74, 6) is 0.819. The van der Waals surface area contributed by atoms with Crippen molar-refractivity contribution < 1.29 is 9.53 Å². The molecule has 0 fully saturated rings. The largest absolute Gasteiger partial charge is 0.449 e. The van der Waals surface area contributed by atoms with Crippen LogP contribution in [0, 0.1) is 0 Å². The third kappa shape index (κ3) is 4.80. The summed E-state index contributed by atoms with van der Waals surface area (Å²) >= 11 is 1.63. The summed E-state index contributed by atoms with van der Waals surface area (Å²) in [4.78, 5) is 11.7. The highest BCUT2D eigenvalue weighted by atomic mass is 32.2. The quantitative estimate of drug-likeness (QED) is 0.617. The van der Waals surface area contributed by atoms with Crippen LogP contribution in [-0.4, -0.2) is 22.5 Å². The van der Waals surface area contributed by atoms with E-state index in [1.165, 1.54) is 5.56 Å². The SMILES string of the molecule is CCCCOC(=O)Nc1cnn(C)c1SCc1ccccc1. The molecule has 1 N–H and O–H groups in total. The summed E-state index contributed by atoms with van der Waals surface area (Å²) in [7, 11) is 1.86. The van der Waals surface area contributed by atoms with Gasteiger partial charge in [0.1, 0.15) is 5.03 Å².